The number of aromatic nitrogens is 5. The van der Waals surface area contributed by atoms with Gasteiger partial charge in [-0.3, -0.25) is 9.36 Å². The van der Waals surface area contributed by atoms with E-state index in [0.29, 0.717) is 42.2 Å². The standard InChI is InChI=1S/C24H27N7O2/c1-13-6-7-17(33-5)14(2)21(13)31-22(25)19(20-23(31)28-16(4)15(3)27-20)24(32)30-11-10-29-9-8-26-18(29)12-30/h6-9H,10-12,25H2,1-5H3. The fourth-order valence-electron chi connectivity index (χ4n) is 4.59. The van der Waals surface area contributed by atoms with Gasteiger partial charge in [0.2, 0.25) is 0 Å². The maximum atomic E-state index is 13.8. The molecule has 0 radical (unpaired) electrons. The molecule has 3 aromatic heterocycles. The van der Waals surface area contributed by atoms with Crippen molar-refractivity contribution in [1.29, 1.82) is 0 Å². The second kappa shape index (κ2) is 7.61. The first-order valence-corrected chi connectivity index (χ1v) is 10.9. The molecule has 1 aromatic carbocycles. The van der Waals surface area contributed by atoms with Crippen LogP contribution in [0.1, 0.15) is 38.7 Å². The highest BCUT2D eigenvalue weighted by molar-refractivity contribution is 6.10. The second-order valence-corrected chi connectivity index (χ2v) is 8.48. The minimum absolute atomic E-state index is 0.166. The SMILES string of the molecule is COc1ccc(C)c(-n2c(N)c(C(=O)N3CCn4ccnc4C3)c3nc(C)c(C)nc32)c1C. The van der Waals surface area contributed by atoms with Gasteiger partial charge < -0.3 is 19.9 Å². The Labute approximate surface area is 191 Å². The van der Waals surface area contributed by atoms with E-state index in [-0.39, 0.29) is 5.91 Å². The number of hydrogen-bond acceptors (Lipinski definition) is 6. The largest absolute Gasteiger partial charge is 0.496 e. The lowest BCUT2D eigenvalue weighted by molar-refractivity contribution is 0.0710. The van der Waals surface area contributed by atoms with Crippen LogP contribution in [0, 0.1) is 27.7 Å². The minimum atomic E-state index is -0.166. The Bertz CT molecular complexity index is 1420. The number of carbonyl (C=O) groups excluding carboxylic acids is 1. The molecule has 0 saturated carbocycles. The van der Waals surface area contributed by atoms with Gasteiger partial charge >= 0.3 is 0 Å². The lowest BCUT2D eigenvalue weighted by Crippen LogP contribution is -2.38. The van der Waals surface area contributed by atoms with Gasteiger partial charge in [0.1, 0.15) is 28.5 Å². The third kappa shape index (κ3) is 3.14. The molecule has 0 unspecified atom stereocenters. The number of rotatable bonds is 3. The highest BCUT2D eigenvalue weighted by atomic mass is 16.5. The van der Waals surface area contributed by atoms with Crippen LogP contribution in [0.25, 0.3) is 16.9 Å². The molecular weight excluding hydrogens is 418 g/mol. The van der Waals surface area contributed by atoms with Crippen LogP contribution in [-0.4, -0.2) is 48.5 Å². The van der Waals surface area contributed by atoms with Gasteiger partial charge in [-0.2, -0.15) is 0 Å². The summed E-state index contributed by atoms with van der Waals surface area (Å²) in [5, 5.41) is 0. The van der Waals surface area contributed by atoms with Crippen molar-refractivity contribution in [3.63, 3.8) is 0 Å². The molecule has 9 heteroatoms. The summed E-state index contributed by atoms with van der Waals surface area (Å²) in [5.41, 5.74) is 12.5. The summed E-state index contributed by atoms with van der Waals surface area (Å²) in [6.45, 7) is 9.48. The Balaban J connectivity index is 1.75. The van der Waals surface area contributed by atoms with E-state index in [0.717, 1.165) is 39.8 Å². The van der Waals surface area contributed by atoms with E-state index in [1.807, 2.05) is 50.6 Å². The fraction of sp³-hybridized carbons (Fsp3) is 0.333. The molecule has 0 aliphatic carbocycles. The van der Waals surface area contributed by atoms with Crippen molar-refractivity contribution >= 4 is 22.9 Å². The Morgan fingerprint density at radius 1 is 1.09 bits per heavy atom. The number of carbonyl (C=O) groups is 1. The minimum Gasteiger partial charge on any atom is -0.496 e. The third-order valence-electron chi connectivity index (χ3n) is 6.51. The summed E-state index contributed by atoms with van der Waals surface area (Å²) in [6, 6.07) is 3.91. The number of anilines is 1. The average molecular weight is 446 g/mol. The zero-order valence-corrected chi connectivity index (χ0v) is 19.5. The summed E-state index contributed by atoms with van der Waals surface area (Å²) in [4.78, 5) is 29.6. The van der Waals surface area contributed by atoms with E-state index in [1.54, 1.807) is 18.2 Å². The highest BCUT2D eigenvalue weighted by Gasteiger charge is 2.31. The van der Waals surface area contributed by atoms with Crippen molar-refractivity contribution in [2.75, 3.05) is 19.4 Å². The molecule has 170 valence electrons. The number of benzene rings is 1. The summed E-state index contributed by atoms with van der Waals surface area (Å²) < 4.78 is 9.47. The van der Waals surface area contributed by atoms with Crippen LogP contribution < -0.4 is 10.5 Å². The van der Waals surface area contributed by atoms with Crippen LogP contribution in [0.2, 0.25) is 0 Å². The predicted octanol–water partition coefficient (Wildman–Crippen LogP) is 3.10. The monoisotopic (exact) mass is 445 g/mol. The molecule has 1 amide bonds. The summed E-state index contributed by atoms with van der Waals surface area (Å²) in [5.74, 6) is 1.76. The number of fused-ring (bicyclic) bond motifs is 2. The molecule has 0 spiro atoms. The molecule has 4 aromatic rings. The number of nitrogen functional groups attached to an aromatic ring is 1. The molecule has 0 atom stereocenters. The molecular formula is C24H27N7O2. The number of nitrogens with zero attached hydrogens (tertiary/aromatic N) is 6. The molecule has 1 aliphatic rings. The quantitative estimate of drug-likeness (QED) is 0.520. The Morgan fingerprint density at radius 3 is 2.61 bits per heavy atom. The third-order valence-corrected chi connectivity index (χ3v) is 6.51. The first-order chi connectivity index (χ1) is 15.8. The van der Waals surface area contributed by atoms with Crippen LogP contribution >= 0.6 is 0 Å². The molecule has 1 aliphatic heterocycles. The Kier molecular flexibility index (Phi) is 4.84. The van der Waals surface area contributed by atoms with Crippen molar-refractivity contribution in [3.8, 4) is 11.4 Å². The van der Waals surface area contributed by atoms with Crippen LogP contribution in [-0.2, 0) is 13.1 Å². The molecule has 9 nitrogen and oxygen atoms in total. The molecule has 33 heavy (non-hydrogen) atoms. The van der Waals surface area contributed by atoms with Crippen molar-refractivity contribution in [1.82, 2.24) is 29.0 Å². The van der Waals surface area contributed by atoms with Crippen LogP contribution in [0.5, 0.6) is 5.75 Å². The number of nitrogens with two attached hydrogens (primary N) is 1. The van der Waals surface area contributed by atoms with E-state index in [4.69, 9.17) is 20.4 Å². The number of aryl methyl sites for hydroxylation is 3. The molecule has 4 heterocycles. The Hall–Kier alpha value is -3.88. The van der Waals surface area contributed by atoms with Crippen molar-refractivity contribution in [2.24, 2.45) is 0 Å². The normalized spacial score (nSPS) is 13.4. The molecule has 0 bridgehead atoms. The summed E-state index contributed by atoms with van der Waals surface area (Å²) >= 11 is 0. The van der Waals surface area contributed by atoms with Gasteiger partial charge in [-0.15, -0.1) is 0 Å². The number of imidazole rings is 1. The van der Waals surface area contributed by atoms with E-state index in [9.17, 15) is 4.79 Å². The van der Waals surface area contributed by atoms with E-state index in [2.05, 4.69) is 9.55 Å². The van der Waals surface area contributed by atoms with E-state index >= 15 is 0 Å². The fourth-order valence-corrected chi connectivity index (χ4v) is 4.59. The molecule has 5 rings (SSSR count). The molecule has 2 N–H and O–H groups in total. The van der Waals surface area contributed by atoms with Crippen LogP contribution in [0.3, 0.4) is 0 Å². The van der Waals surface area contributed by atoms with Gasteiger partial charge in [0.15, 0.2) is 5.65 Å². The van der Waals surface area contributed by atoms with Gasteiger partial charge in [-0.25, -0.2) is 15.0 Å². The summed E-state index contributed by atoms with van der Waals surface area (Å²) in [6.07, 6.45) is 3.69. The van der Waals surface area contributed by atoms with Gasteiger partial charge in [0, 0.05) is 31.0 Å². The number of methoxy groups -OCH3 is 1. The molecule has 0 fully saturated rings. The zero-order valence-electron chi connectivity index (χ0n) is 19.5. The highest BCUT2D eigenvalue weighted by Crippen LogP contribution is 2.36. The zero-order chi connectivity index (χ0) is 23.4. The lowest BCUT2D eigenvalue weighted by atomic mass is 10.1. The van der Waals surface area contributed by atoms with E-state index < -0.39 is 0 Å². The second-order valence-electron chi connectivity index (χ2n) is 8.48. The summed E-state index contributed by atoms with van der Waals surface area (Å²) in [7, 11) is 1.64. The van der Waals surface area contributed by atoms with Gasteiger partial charge in [0.05, 0.1) is 30.7 Å². The first-order valence-electron chi connectivity index (χ1n) is 10.9. The van der Waals surface area contributed by atoms with Crippen molar-refractivity contribution < 1.29 is 9.53 Å². The van der Waals surface area contributed by atoms with Crippen LogP contribution in [0.15, 0.2) is 24.5 Å². The average Bonchev–Trinajstić information content (AvgIpc) is 3.36. The maximum Gasteiger partial charge on any atom is 0.260 e. The maximum absolute atomic E-state index is 13.8. The van der Waals surface area contributed by atoms with Crippen molar-refractivity contribution in [3.05, 3.63) is 58.4 Å². The number of ether oxygens (including phenoxy) is 1. The smallest absolute Gasteiger partial charge is 0.260 e. The van der Waals surface area contributed by atoms with Gasteiger partial charge in [-0.05, 0) is 39.3 Å². The lowest BCUT2D eigenvalue weighted by Gasteiger charge is -2.27. The molecule has 0 saturated heterocycles. The number of hydrogen-bond donors (Lipinski definition) is 1. The number of amides is 1. The van der Waals surface area contributed by atoms with Crippen LogP contribution in [0.4, 0.5) is 5.82 Å². The van der Waals surface area contributed by atoms with Gasteiger partial charge in [-0.1, -0.05) is 6.07 Å². The van der Waals surface area contributed by atoms with E-state index in [1.165, 1.54) is 0 Å². The van der Waals surface area contributed by atoms with Crippen molar-refractivity contribution in [2.45, 2.75) is 40.8 Å². The van der Waals surface area contributed by atoms with Gasteiger partial charge in [0.25, 0.3) is 5.91 Å². The first kappa shape index (κ1) is 21.0. The topological polar surface area (TPSA) is 104 Å². The predicted molar refractivity (Wildman–Crippen MR) is 126 cm³/mol. The Morgan fingerprint density at radius 2 is 1.85 bits per heavy atom.